The Hall–Kier alpha value is -2.44. The van der Waals surface area contributed by atoms with Gasteiger partial charge in [0, 0.05) is 36.9 Å². The van der Waals surface area contributed by atoms with E-state index in [4.69, 9.17) is 9.47 Å². The molecule has 3 rings (SSSR count). The normalized spacial score (nSPS) is 15.4. The number of carbonyl (C=O) groups is 1. The number of ether oxygens (including phenoxy) is 2. The lowest BCUT2D eigenvalue weighted by Gasteiger charge is -2.40. The van der Waals surface area contributed by atoms with Crippen molar-refractivity contribution in [2.75, 3.05) is 40.0 Å². The summed E-state index contributed by atoms with van der Waals surface area (Å²) in [5, 5.41) is 3.03. The molecule has 0 saturated carbocycles. The molecule has 2 aromatic rings. The topological polar surface area (TPSA) is 63.7 Å². The minimum atomic E-state index is -0.118. The van der Waals surface area contributed by atoms with Gasteiger partial charge in [-0.3, -0.25) is 14.7 Å². The number of rotatable bonds is 6. The van der Waals surface area contributed by atoms with Gasteiger partial charge in [0.2, 0.25) is 0 Å². The van der Waals surface area contributed by atoms with Gasteiger partial charge in [-0.1, -0.05) is 12.1 Å². The van der Waals surface area contributed by atoms with Gasteiger partial charge in [-0.05, 0) is 38.1 Å². The summed E-state index contributed by atoms with van der Waals surface area (Å²) < 4.78 is 10.7. The second kappa shape index (κ2) is 8.50. The van der Waals surface area contributed by atoms with E-state index in [-0.39, 0.29) is 11.4 Å². The number of hydrogen-bond acceptors (Lipinski definition) is 5. The first-order valence-corrected chi connectivity index (χ1v) is 9.21. The summed E-state index contributed by atoms with van der Waals surface area (Å²) in [6.45, 7) is 8.12. The van der Waals surface area contributed by atoms with E-state index in [9.17, 15) is 4.79 Å². The molecule has 1 saturated heterocycles. The molecular formula is C21H27N3O3. The molecule has 2 heterocycles. The fraction of sp³-hybridized carbons (Fsp3) is 0.429. The number of morpholine rings is 1. The molecule has 1 aromatic carbocycles. The van der Waals surface area contributed by atoms with Gasteiger partial charge in [-0.25, -0.2) is 0 Å². The highest BCUT2D eigenvalue weighted by Crippen LogP contribution is 2.22. The van der Waals surface area contributed by atoms with Gasteiger partial charge < -0.3 is 14.8 Å². The van der Waals surface area contributed by atoms with Crippen LogP contribution in [0.3, 0.4) is 0 Å². The van der Waals surface area contributed by atoms with Gasteiger partial charge in [-0.15, -0.1) is 0 Å². The van der Waals surface area contributed by atoms with Crippen LogP contribution in [-0.4, -0.2) is 61.3 Å². The lowest BCUT2D eigenvalue weighted by molar-refractivity contribution is -0.00923. The smallest absolute Gasteiger partial charge is 0.252 e. The van der Waals surface area contributed by atoms with Gasteiger partial charge in [0.15, 0.2) is 0 Å². The number of aromatic nitrogens is 1. The summed E-state index contributed by atoms with van der Waals surface area (Å²) in [7, 11) is 1.64. The van der Waals surface area contributed by atoms with Crippen LogP contribution in [0.4, 0.5) is 0 Å². The van der Waals surface area contributed by atoms with E-state index in [1.165, 1.54) is 0 Å². The van der Waals surface area contributed by atoms with E-state index in [0.717, 1.165) is 43.3 Å². The van der Waals surface area contributed by atoms with Gasteiger partial charge in [-0.2, -0.15) is 0 Å². The van der Waals surface area contributed by atoms with Gasteiger partial charge >= 0.3 is 0 Å². The molecular weight excluding hydrogens is 342 g/mol. The molecule has 0 aliphatic carbocycles. The Bertz CT molecular complexity index is 768. The molecule has 1 aliphatic rings. The van der Waals surface area contributed by atoms with Crippen LogP contribution in [0.5, 0.6) is 5.75 Å². The Morgan fingerprint density at radius 1 is 1.26 bits per heavy atom. The van der Waals surface area contributed by atoms with Gasteiger partial charge in [0.1, 0.15) is 5.75 Å². The minimum Gasteiger partial charge on any atom is -0.497 e. The Kier molecular flexibility index (Phi) is 6.08. The molecule has 1 aliphatic heterocycles. The molecule has 0 radical (unpaired) electrons. The monoisotopic (exact) mass is 369 g/mol. The summed E-state index contributed by atoms with van der Waals surface area (Å²) in [6, 6.07) is 11.4. The molecule has 144 valence electrons. The largest absolute Gasteiger partial charge is 0.497 e. The molecule has 27 heavy (non-hydrogen) atoms. The van der Waals surface area contributed by atoms with E-state index in [2.05, 4.69) is 29.0 Å². The Morgan fingerprint density at radius 3 is 2.70 bits per heavy atom. The first kappa shape index (κ1) is 19.3. The van der Waals surface area contributed by atoms with E-state index < -0.39 is 0 Å². The second-order valence-electron chi connectivity index (χ2n) is 7.26. The van der Waals surface area contributed by atoms with Crippen molar-refractivity contribution in [3.8, 4) is 17.0 Å². The van der Waals surface area contributed by atoms with Crippen LogP contribution in [0.1, 0.15) is 24.2 Å². The van der Waals surface area contributed by atoms with Crippen molar-refractivity contribution >= 4 is 5.91 Å². The summed E-state index contributed by atoms with van der Waals surface area (Å²) >= 11 is 0. The van der Waals surface area contributed by atoms with Crippen molar-refractivity contribution in [1.82, 2.24) is 15.2 Å². The van der Waals surface area contributed by atoms with Gasteiger partial charge in [0.25, 0.3) is 5.91 Å². The molecule has 0 bridgehead atoms. The summed E-state index contributed by atoms with van der Waals surface area (Å²) in [6.07, 6.45) is 1.62. The third-order valence-corrected chi connectivity index (χ3v) is 4.94. The number of benzene rings is 1. The van der Waals surface area contributed by atoms with E-state index >= 15 is 0 Å². The fourth-order valence-electron chi connectivity index (χ4n) is 3.16. The highest BCUT2D eigenvalue weighted by Gasteiger charge is 2.28. The van der Waals surface area contributed by atoms with Crippen LogP contribution in [0.25, 0.3) is 11.3 Å². The van der Waals surface area contributed by atoms with Gasteiger partial charge in [0.05, 0.1) is 31.6 Å². The lowest BCUT2D eigenvalue weighted by atomic mass is 10.0. The zero-order valence-corrected chi connectivity index (χ0v) is 16.2. The number of nitrogens with zero attached hydrogens (tertiary/aromatic N) is 2. The van der Waals surface area contributed by atoms with Crippen molar-refractivity contribution < 1.29 is 14.3 Å². The number of carbonyl (C=O) groups excluding carboxylic acids is 1. The molecule has 0 atom stereocenters. The molecule has 1 N–H and O–H groups in total. The molecule has 1 aromatic heterocycles. The average Bonchev–Trinajstić information content (AvgIpc) is 2.73. The zero-order chi connectivity index (χ0) is 19.3. The van der Waals surface area contributed by atoms with Crippen LogP contribution in [0.2, 0.25) is 0 Å². The third-order valence-electron chi connectivity index (χ3n) is 4.94. The fourth-order valence-corrected chi connectivity index (χ4v) is 3.16. The lowest BCUT2D eigenvalue weighted by Crippen LogP contribution is -2.55. The molecule has 0 unspecified atom stereocenters. The van der Waals surface area contributed by atoms with Crippen molar-refractivity contribution in [3.63, 3.8) is 0 Å². The summed E-state index contributed by atoms with van der Waals surface area (Å²) in [4.78, 5) is 19.3. The predicted molar refractivity (Wildman–Crippen MR) is 105 cm³/mol. The van der Waals surface area contributed by atoms with E-state index in [0.29, 0.717) is 12.1 Å². The van der Waals surface area contributed by atoms with Crippen molar-refractivity contribution in [2.24, 2.45) is 0 Å². The predicted octanol–water partition coefficient (Wildman–Crippen LogP) is 2.60. The van der Waals surface area contributed by atoms with Crippen molar-refractivity contribution in [1.29, 1.82) is 0 Å². The Morgan fingerprint density at radius 2 is 2.04 bits per heavy atom. The van der Waals surface area contributed by atoms with Crippen molar-refractivity contribution in [3.05, 3.63) is 48.2 Å². The summed E-state index contributed by atoms with van der Waals surface area (Å²) in [5.41, 5.74) is 2.20. The highest BCUT2D eigenvalue weighted by atomic mass is 16.5. The van der Waals surface area contributed by atoms with E-state index in [1.807, 2.05) is 30.3 Å². The summed E-state index contributed by atoms with van der Waals surface area (Å²) in [5.74, 6) is 0.669. The SMILES string of the molecule is COc1cccc(-c2ccc(C(=O)NCC(C)(C)N3CCOCC3)cn2)c1. The standard InChI is InChI=1S/C21H27N3O3/c1-21(2,24-9-11-27-12-10-24)15-23-20(25)17-7-8-19(22-14-17)16-5-4-6-18(13-16)26-3/h4-8,13-14H,9-12,15H2,1-3H3,(H,23,25). The molecule has 1 amide bonds. The van der Waals surface area contributed by atoms with Crippen LogP contribution in [-0.2, 0) is 4.74 Å². The number of hydrogen-bond donors (Lipinski definition) is 1. The number of methoxy groups -OCH3 is 1. The maximum Gasteiger partial charge on any atom is 0.252 e. The van der Waals surface area contributed by atoms with E-state index in [1.54, 1.807) is 19.4 Å². The maximum absolute atomic E-state index is 12.5. The quantitative estimate of drug-likeness (QED) is 0.848. The van der Waals surface area contributed by atoms with Crippen LogP contribution >= 0.6 is 0 Å². The molecule has 6 nitrogen and oxygen atoms in total. The third kappa shape index (κ3) is 4.84. The Balaban J connectivity index is 1.61. The number of nitrogens with one attached hydrogen (secondary N) is 1. The van der Waals surface area contributed by atoms with Crippen molar-refractivity contribution in [2.45, 2.75) is 19.4 Å². The maximum atomic E-state index is 12.5. The molecule has 1 fully saturated rings. The molecule has 6 heteroatoms. The van der Waals surface area contributed by atoms with Crippen LogP contribution in [0, 0.1) is 0 Å². The highest BCUT2D eigenvalue weighted by molar-refractivity contribution is 5.94. The average molecular weight is 369 g/mol. The first-order valence-electron chi connectivity index (χ1n) is 9.21. The minimum absolute atomic E-state index is 0.110. The Labute approximate surface area is 160 Å². The molecule has 0 spiro atoms. The first-order chi connectivity index (χ1) is 13.0. The zero-order valence-electron chi connectivity index (χ0n) is 16.2. The van der Waals surface area contributed by atoms with Crippen LogP contribution in [0.15, 0.2) is 42.6 Å². The van der Waals surface area contributed by atoms with Crippen LogP contribution < -0.4 is 10.1 Å². The number of pyridine rings is 1. The number of amides is 1. The second-order valence-corrected chi connectivity index (χ2v) is 7.26.